The average molecular weight is 172 g/mol. The first-order chi connectivity index (χ1) is 5.29. The molecule has 0 spiro atoms. The SMILES string of the molecule is NC(=S)CNC1CCCCC1. The zero-order chi connectivity index (χ0) is 8.10. The van der Waals surface area contributed by atoms with Crippen LogP contribution in [0.15, 0.2) is 0 Å². The van der Waals surface area contributed by atoms with Gasteiger partial charge in [0.25, 0.3) is 0 Å². The summed E-state index contributed by atoms with van der Waals surface area (Å²) in [6.07, 6.45) is 6.69. The summed E-state index contributed by atoms with van der Waals surface area (Å²) in [5.41, 5.74) is 5.38. The standard InChI is InChI=1S/C8H16N2S/c9-8(11)6-10-7-4-2-1-3-5-7/h7,10H,1-6H2,(H2,9,11). The van der Waals surface area contributed by atoms with Gasteiger partial charge in [-0.15, -0.1) is 0 Å². The molecule has 11 heavy (non-hydrogen) atoms. The van der Waals surface area contributed by atoms with Gasteiger partial charge in [-0.2, -0.15) is 0 Å². The van der Waals surface area contributed by atoms with Gasteiger partial charge in [-0.3, -0.25) is 0 Å². The molecule has 3 heteroatoms. The lowest BCUT2D eigenvalue weighted by Crippen LogP contribution is -2.36. The maximum Gasteiger partial charge on any atom is 0.0867 e. The maximum absolute atomic E-state index is 5.38. The summed E-state index contributed by atoms with van der Waals surface area (Å²) < 4.78 is 0. The molecule has 0 aromatic carbocycles. The molecule has 3 N–H and O–H groups in total. The van der Waals surface area contributed by atoms with Crippen molar-refractivity contribution < 1.29 is 0 Å². The number of hydrogen-bond acceptors (Lipinski definition) is 2. The molecule has 0 saturated heterocycles. The van der Waals surface area contributed by atoms with E-state index in [4.69, 9.17) is 18.0 Å². The van der Waals surface area contributed by atoms with Gasteiger partial charge >= 0.3 is 0 Å². The molecule has 1 aliphatic carbocycles. The molecule has 1 fully saturated rings. The van der Waals surface area contributed by atoms with Gasteiger partial charge < -0.3 is 11.1 Å². The normalized spacial score (nSPS) is 20.0. The van der Waals surface area contributed by atoms with E-state index in [0.29, 0.717) is 17.6 Å². The summed E-state index contributed by atoms with van der Waals surface area (Å²) in [5, 5.41) is 3.35. The van der Waals surface area contributed by atoms with Crippen LogP contribution in [0.3, 0.4) is 0 Å². The predicted molar refractivity (Wildman–Crippen MR) is 51.7 cm³/mol. The lowest BCUT2D eigenvalue weighted by atomic mass is 9.96. The molecule has 1 rings (SSSR count). The highest BCUT2D eigenvalue weighted by molar-refractivity contribution is 7.80. The second kappa shape index (κ2) is 4.67. The van der Waals surface area contributed by atoms with Crippen molar-refractivity contribution in [1.29, 1.82) is 0 Å². The van der Waals surface area contributed by atoms with E-state index < -0.39 is 0 Å². The molecule has 0 amide bonds. The first kappa shape index (κ1) is 8.94. The van der Waals surface area contributed by atoms with E-state index in [1.54, 1.807) is 0 Å². The summed E-state index contributed by atoms with van der Waals surface area (Å²) in [6, 6.07) is 0.672. The topological polar surface area (TPSA) is 38.0 Å². The van der Waals surface area contributed by atoms with Crippen LogP contribution >= 0.6 is 12.2 Å². The van der Waals surface area contributed by atoms with Crippen molar-refractivity contribution in [2.75, 3.05) is 6.54 Å². The highest BCUT2D eigenvalue weighted by Gasteiger charge is 2.11. The average Bonchev–Trinajstić information content (AvgIpc) is 2.03. The Hall–Kier alpha value is -0.150. The quantitative estimate of drug-likeness (QED) is 0.628. The molecular formula is C8H16N2S. The molecule has 0 aromatic heterocycles. The Morgan fingerprint density at radius 3 is 2.55 bits per heavy atom. The maximum atomic E-state index is 5.38. The largest absolute Gasteiger partial charge is 0.392 e. The Bertz CT molecular complexity index is 130. The van der Waals surface area contributed by atoms with Gasteiger partial charge in [0.05, 0.1) is 4.99 Å². The minimum atomic E-state index is 0.579. The zero-order valence-corrected chi connectivity index (χ0v) is 7.62. The van der Waals surface area contributed by atoms with Crippen LogP contribution in [-0.2, 0) is 0 Å². The molecule has 64 valence electrons. The molecule has 0 radical (unpaired) electrons. The van der Waals surface area contributed by atoms with Crippen molar-refractivity contribution in [3.63, 3.8) is 0 Å². The Labute approximate surface area is 73.5 Å². The van der Waals surface area contributed by atoms with Gasteiger partial charge in [-0.1, -0.05) is 31.5 Å². The van der Waals surface area contributed by atoms with Gasteiger partial charge in [0, 0.05) is 12.6 Å². The van der Waals surface area contributed by atoms with E-state index in [9.17, 15) is 0 Å². The van der Waals surface area contributed by atoms with Gasteiger partial charge in [-0.05, 0) is 12.8 Å². The lowest BCUT2D eigenvalue weighted by Gasteiger charge is -2.22. The molecular weight excluding hydrogens is 156 g/mol. The fourth-order valence-electron chi connectivity index (χ4n) is 1.55. The minimum absolute atomic E-state index is 0.579. The molecule has 0 unspecified atom stereocenters. The fourth-order valence-corrected chi connectivity index (χ4v) is 1.63. The van der Waals surface area contributed by atoms with Crippen LogP contribution in [0.2, 0.25) is 0 Å². The summed E-state index contributed by atoms with van der Waals surface area (Å²) in [6.45, 7) is 0.708. The van der Waals surface area contributed by atoms with Gasteiger partial charge in [0.2, 0.25) is 0 Å². The third kappa shape index (κ3) is 3.68. The smallest absolute Gasteiger partial charge is 0.0867 e. The number of nitrogens with two attached hydrogens (primary N) is 1. The lowest BCUT2D eigenvalue weighted by molar-refractivity contribution is 0.388. The molecule has 2 nitrogen and oxygen atoms in total. The molecule has 0 aliphatic heterocycles. The van der Waals surface area contributed by atoms with E-state index in [2.05, 4.69) is 5.32 Å². The van der Waals surface area contributed by atoms with E-state index in [1.807, 2.05) is 0 Å². The van der Waals surface area contributed by atoms with E-state index in [-0.39, 0.29) is 0 Å². The summed E-state index contributed by atoms with van der Waals surface area (Å²) in [7, 11) is 0. The Morgan fingerprint density at radius 2 is 2.00 bits per heavy atom. The molecule has 0 heterocycles. The molecule has 0 aromatic rings. The first-order valence-corrected chi connectivity index (χ1v) is 4.71. The van der Waals surface area contributed by atoms with Crippen LogP contribution in [0.5, 0.6) is 0 Å². The van der Waals surface area contributed by atoms with Crippen LogP contribution in [0.25, 0.3) is 0 Å². The molecule has 1 saturated carbocycles. The second-order valence-corrected chi connectivity index (χ2v) is 3.71. The highest BCUT2D eigenvalue weighted by Crippen LogP contribution is 2.16. The minimum Gasteiger partial charge on any atom is -0.392 e. The van der Waals surface area contributed by atoms with Crippen LogP contribution in [0.1, 0.15) is 32.1 Å². The Kier molecular flexibility index (Phi) is 3.80. The molecule has 1 aliphatic rings. The van der Waals surface area contributed by atoms with E-state index in [0.717, 1.165) is 0 Å². The van der Waals surface area contributed by atoms with Gasteiger partial charge in [0.1, 0.15) is 0 Å². The predicted octanol–water partition coefficient (Wildman–Crippen LogP) is 1.19. The number of thiocarbonyl (C=S) groups is 1. The third-order valence-corrected chi connectivity index (χ3v) is 2.31. The van der Waals surface area contributed by atoms with Crippen molar-refractivity contribution in [1.82, 2.24) is 5.32 Å². The van der Waals surface area contributed by atoms with Crippen molar-refractivity contribution in [3.05, 3.63) is 0 Å². The van der Waals surface area contributed by atoms with E-state index >= 15 is 0 Å². The summed E-state index contributed by atoms with van der Waals surface area (Å²) in [5.74, 6) is 0. The second-order valence-electron chi connectivity index (χ2n) is 3.18. The Morgan fingerprint density at radius 1 is 1.36 bits per heavy atom. The van der Waals surface area contributed by atoms with Gasteiger partial charge in [0.15, 0.2) is 0 Å². The number of rotatable bonds is 3. The number of hydrogen-bond donors (Lipinski definition) is 2. The highest BCUT2D eigenvalue weighted by atomic mass is 32.1. The number of nitrogens with one attached hydrogen (secondary N) is 1. The van der Waals surface area contributed by atoms with Crippen LogP contribution in [0.4, 0.5) is 0 Å². The van der Waals surface area contributed by atoms with Crippen LogP contribution in [-0.4, -0.2) is 17.6 Å². The zero-order valence-electron chi connectivity index (χ0n) is 6.81. The molecule has 0 bridgehead atoms. The first-order valence-electron chi connectivity index (χ1n) is 4.31. The van der Waals surface area contributed by atoms with E-state index in [1.165, 1.54) is 32.1 Å². The fraction of sp³-hybridized carbons (Fsp3) is 0.875. The Balaban J connectivity index is 2.09. The summed E-state index contributed by atoms with van der Waals surface area (Å²) in [4.78, 5) is 0.579. The van der Waals surface area contributed by atoms with Crippen LogP contribution < -0.4 is 11.1 Å². The van der Waals surface area contributed by atoms with Crippen LogP contribution in [0, 0.1) is 0 Å². The monoisotopic (exact) mass is 172 g/mol. The van der Waals surface area contributed by atoms with Crippen molar-refractivity contribution in [3.8, 4) is 0 Å². The van der Waals surface area contributed by atoms with Gasteiger partial charge in [-0.25, -0.2) is 0 Å². The van der Waals surface area contributed by atoms with Crippen molar-refractivity contribution >= 4 is 17.2 Å². The van der Waals surface area contributed by atoms with Crippen molar-refractivity contribution in [2.24, 2.45) is 5.73 Å². The molecule has 0 atom stereocenters. The third-order valence-electron chi connectivity index (χ3n) is 2.17. The summed E-state index contributed by atoms with van der Waals surface area (Å²) >= 11 is 4.78. The van der Waals surface area contributed by atoms with Crippen molar-refractivity contribution in [2.45, 2.75) is 38.1 Å².